The van der Waals surface area contributed by atoms with Crippen LogP contribution in [0.5, 0.6) is 0 Å². The molecular weight excluding hydrogens is 352 g/mol. The van der Waals surface area contributed by atoms with Crippen LogP contribution in [-0.4, -0.2) is 71.4 Å². The molecule has 0 aromatic carbocycles. The van der Waals surface area contributed by atoms with Gasteiger partial charge in [-0.05, 0) is 6.42 Å². The van der Waals surface area contributed by atoms with E-state index < -0.39 is 54.7 Å². The zero-order valence-electron chi connectivity index (χ0n) is 13.8. The fourth-order valence-corrected chi connectivity index (χ4v) is 1.77. The molecule has 0 aromatic heterocycles. The van der Waals surface area contributed by atoms with Crippen molar-refractivity contribution in [3.63, 3.8) is 0 Å². The number of carboxylic acid groups (broad SMARTS) is 2. The zero-order chi connectivity index (χ0) is 20.3. The fraction of sp³-hybridized carbons (Fsp3) is 0.538. The molecule has 146 valence electrons. The van der Waals surface area contributed by atoms with Crippen LogP contribution in [0.15, 0.2) is 4.99 Å². The Morgan fingerprint density at radius 3 is 2.23 bits per heavy atom. The average molecular weight is 374 g/mol. The molecule has 13 heteroatoms. The summed E-state index contributed by atoms with van der Waals surface area (Å²) < 4.78 is 0. The number of aliphatic imine (C=N–C) groups is 1. The van der Waals surface area contributed by atoms with Gasteiger partial charge in [-0.1, -0.05) is 0 Å². The third-order valence-corrected chi connectivity index (χ3v) is 3.13. The maximum Gasteiger partial charge on any atom is 0.326 e. The number of guanidine groups is 1. The van der Waals surface area contributed by atoms with Gasteiger partial charge in [0.25, 0.3) is 0 Å². The van der Waals surface area contributed by atoms with Crippen molar-refractivity contribution in [3.05, 3.63) is 0 Å². The largest absolute Gasteiger partial charge is 0.481 e. The van der Waals surface area contributed by atoms with Crippen molar-refractivity contribution in [1.29, 1.82) is 0 Å². The van der Waals surface area contributed by atoms with Crippen molar-refractivity contribution in [2.24, 2.45) is 28.1 Å². The topological polar surface area (TPSA) is 240 Å². The van der Waals surface area contributed by atoms with Gasteiger partial charge in [-0.2, -0.15) is 0 Å². The van der Waals surface area contributed by atoms with E-state index in [1.54, 1.807) is 0 Å². The molecule has 0 heterocycles. The minimum atomic E-state index is -1.65. The van der Waals surface area contributed by atoms with Gasteiger partial charge < -0.3 is 42.8 Å². The number of nitrogens with two attached hydrogens (primary N) is 3. The Bertz CT molecular complexity index is 575. The Balaban J connectivity index is 4.53. The van der Waals surface area contributed by atoms with Gasteiger partial charge >= 0.3 is 11.9 Å². The predicted octanol–water partition coefficient (Wildman–Crippen LogP) is -4.05. The molecule has 0 fully saturated rings. The number of carbonyl (C=O) groups is 5. The van der Waals surface area contributed by atoms with E-state index in [9.17, 15) is 24.0 Å². The molecule has 10 N–H and O–H groups in total. The molecule has 0 bridgehead atoms. The molecule has 0 spiro atoms. The van der Waals surface area contributed by atoms with Crippen LogP contribution in [0.4, 0.5) is 0 Å². The highest BCUT2D eigenvalue weighted by Gasteiger charge is 2.26. The van der Waals surface area contributed by atoms with Crippen LogP contribution in [0.1, 0.15) is 12.8 Å². The number of carbonyl (C=O) groups excluding carboxylic acids is 3. The van der Waals surface area contributed by atoms with Gasteiger partial charge in [0.2, 0.25) is 11.8 Å². The summed E-state index contributed by atoms with van der Waals surface area (Å²) in [5.41, 5.74) is 15.9. The van der Waals surface area contributed by atoms with Crippen molar-refractivity contribution >= 4 is 36.0 Å². The van der Waals surface area contributed by atoms with E-state index in [2.05, 4.69) is 10.3 Å². The van der Waals surface area contributed by atoms with E-state index in [1.165, 1.54) is 0 Å². The SMILES string of the molecule is NC(N)=NCCC(C=O)[C@H](N)C(=O)NCC(=O)N[C@@H](CC(=O)O)C(=O)O. The number of nitrogens with zero attached hydrogens (tertiary/aromatic N) is 1. The number of nitrogens with one attached hydrogen (secondary N) is 2. The van der Waals surface area contributed by atoms with E-state index in [1.807, 2.05) is 5.32 Å². The van der Waals surface area contributed by atoms with Crippen LogP contribution in [0.3, 0.4) is 0 Å². The molecular formula is C13H22N6O7. The van der Waals surface area contributed by atoms with Crippen molar-refractivity contribution < 1.29 is 34.2 Å². The molecule has 0 aliphatic carbocycles. The highest BCUT2D eigenvalue weighted by atomic mass is 16.4. The van der Waals surface area contributed by atoms with Crippen molar-refractivity contribution in [2.75, 3.05) is 13.1 Å². The number of aldehydes is 1. The molecule has 1 unspecified atom stereocenters. The monoisotopic (exact) mass is 374 g/mol. The standard InChI is InChI=1S/C13H22N6O7/c14-10(6(5-20)1-2-17-13(15)16)11(24)18-4-8(21)19-7(12(25)26)3-9(22)23/h5-7,10H,1-4,14H2,(H,18,24)(H,19,21)(H,22,23)(H,25,26)(H4,15,16,17)/t6?,7-,10-/m0/s1. The summed E-state index contributed by atoms with van der Waals surface area (Å²) in [5.74, 6) is -5.80. The summed E-state index contributed by atoms with van der Waals surface area (Å²) in [6.45, 7) is -0.571. The Labute approximate surface area is 148 Å². The lowest BCUT2D eigenvalue weighted by molar-refractivity contribution is -0.147. The first-order valence-electron chi connectivity index (χ1n) is 7.36. The van der Waals surface area contributed by atoms with Gasteiger partial charge in [-0.3, -0.25) is 19.4 Å². The third kappa shape index (κ3) is 9.17. The van der Waals surface area contributed by atoms with Crippen LogP contribution in [0.2, 0.25) is 0 Å². The highest BCUT2D eigenvalue weighted by molar-refractivity contribution is 5.91. The zero-order valence-corrected chi connectivity index (χ0v) is 13.8. The van der Waals surface area contributed by atoms with Crippen LogP contribution >= 0.6 is 0 Å². The Morgan fingerprint density at radius 1 is 1.15 bits per heavy atom. The first-order valence-corrected chi connectivity index (χ1v) is 7.36. The van der Waals surface area contributed by atoms with E-state index in [-0.39, 0.29) is 18.9 Å². The number of aliphatic carboxylic acids is 2. The van der Waals surface area contributed by atoms with Gasteiger partial charge in [0.05, 0.1) is 19.0 Å². The van der Waals surface area contributed by atoms with Crippen LogP contribution in [0, 0.1) is 5.92 Å². The van der Waals surface area contributed by atoms with Gasteiger partial charge in [0.15, 0.2) is 5.96 Å². The molecule has 0 aliphatic heterocycles. The molecule has 26 heavy (non-hydrogen) atoms. The van der Waals surface area contributed by atoms with Gasteiger partial charge in [-0.15, -0.1) is 0 Å². The molecule has 0 rings (SSSR count). The van der Waals surface area contributed by atoms with Crippen molar-refractivity contribution in [2.45, 2.75) is 24.9 Å². The second-order valence-corrected chi connectivity index (χ2v) is 5.19. The molecule has 0 radical (unpaired) electrons. The summed E-state index contributed by atoms with van der Waals surface area (Å²) >= 11 is 0. The number of hydrogen-bond donors (Lipinski definition) is 7. The molecule has 0 saturated carbocycles. The van der Waals surface area contributed by atoms with Crippen LogP contribution in [0.25, 0.3) is 0 Å². The van der Waals surface area contributed by atoms with Crippen LogP contribution in [-0.2, 0) is 24.0 Å². The summed E-state index contributed by atoms with van der Waals surface area (Å²) in [7, 11) is 0. The van der Waals surface area contributed by atoms with E-state index in [0.717, 1.165) is 0 Å². The molecule has 0 saturated heterocycles. The maximum absolute atomic E-state index is 11.9. The van der Waals surface area contributed by atoms with E-state index in [0.29, 0.717) is 6.29 Å². The van der Waals surface area contributed by atoms with Gasteiger partial charge in [0.1, 0.15) is 12.3 Å². The minimum absolute atomic E-state index is 0.0721. The fourth-order valence-electron chi connectivity index (χ4n) is 1.77. The summed E-state index contributed by atoms with van der Waals surface area (Å²) in [4.78, 5) is 59.5. The van der Waals surface area contributed by atoms with Crippen molar-refractivity contribution in [1.82, 2.24) is 10.6 Å². The van der Waals surface area contributed by atoms with Gasteiger partial charge in [0, 0.05) is 12.5 Å². The van der Waals surface area contributed by atoms with Gasteiger partial charge in [-0.25, -0.2) is 4.79 Å². The lowest BCUT2D eigenvalue weighted by Crippen LogP contribution is -2.51. The maximum atomic E-state index is 11.9. The van der Waals surface area contributed by atoms with E-state index >= 15 is 0 Å². The Hall–Kier alpha value is -3.22. The summed E-state index contributed by atoms with van der Waals surface area (Å²) in [5, 5.41) is 21.5. The highest BCUT2D eigenvalue weighted by Crippen LogP contribution is 2.05. The molecule has 2 amide bonds. The second kappa shape index (κ2) is 11.4. The van der Waals surface area contributed by atoms with Crippen LogP contribution < -0.4 is 27.8 Å². The lowest BCUT2D eigenvalue weighted by atomic mass is 9.98. The quantitative estimate of drug-likeness (QED) is 0.0990. The normalized spacial score (nSPS) is 13.6. The Morgan fingerprint density at radius 2 is 1.77 bits per heavy atom. The lowest BCUT2D eigenvalue weighted by Gasteiger charge is -2.18. The number of amides is 2. The Kier molecular flexibility index (Phi) is 9.95. The average Bonchev–Trinajstić information content (AvgIpc) is 2.54. The third-order valence-electron chi connectivity index (χ3n) is 3.13. The summed E-state index contributed by atoms with van der Waals surface area (Å²) in [6.07, 6.45) is -0.270. The molecule has 0 aliphatic rings. The first kappa shape index (κ1) is 22.8. The second-order valence-electron chi connectivity index (χ2n) is 5.19. The predicted molar refractivity (Wildman–Crippen MR) is 87.7 cm³/mol. The molecule has 0 aromatic rings. The molecule has 13 nitrogen and oxygen atoms in total. The van der Waals surface area contributed by atoms with Crippen molar-refractivity contribution in [3.8, 4) is 0 Å². The number of hydrogen-bond acceptors (Lipinski definition) is 7. The summed E-state index contributed by atoms with van der Waals surface area (Å²) in [6, 6.07) is -2.92. The first-order chi connectivity index (χ1) is 12.1. The number of carboxylic acids is 2. The smallest absolute Gasteiger partial charge is 0.326 e. The number of rotatable bonds is 12. The molecule has 3 atom stereocenters. The van der Waals surface area contributed by atoms with E-state index in [4.69, 9.17) is 27.4 Å². The minimum Gasteiger partial charge on any atom is -0.481 e.